The van der Waals surface area contributed by atoms with E-state index in [-0.39, 0.29) is 11.6 Å². The van der Waals surface area contributed by atoms with Gasteiger partial charge in [-0.2, -0.15) is 0 Å². The Morgan fingerprint density at radius 3 is 2.62 bits per heavy atom. The molecule has 1 N–H and O–H groups in total. The van der Waals surface area contributed by atoms with Crippen LogP contribution in [0.4, 0.5) is 10.7 Å². The third-order valence-electron chi connectivity index (χ3n) is 6.75. The molecule has 2 amide bonds. The summed E-state index contributed by atoms with van der Waals surface area (Å²) in [5.74, 6) is 0.728. The summed E-state index contributed by atoms with van der Waals surface area (Å²) in [6.45, 7) is 4.16. The minimum atomic E-state index is -0.168. The van der Waals surface area contributed by atoms with Crippen molar-refractivity contribution in [2.45, 2.75) is 37.7 Å². The lowest BCUT2D eigenvalue weighted by Crippen LogP contribution is -2.48. The molecule has 166 valence electrons. The van der Waals surface area contributed by atoms with E-state index in [1.807, 2.05) is 4.90 Å². The zero-order valence-corrected chi connectivity index (χ0v) is 18.5. The van der Waals surface area contributed by atoms with Gasteiger partial charge in [0.15, 0.2) is 0 Å². The second-order valence-electron chi connectivity index (χ2n) is 8.93. The van der Waals surface area contributed by atoms with Gasteiger partial charge in [-0.15, -0.1) is 0 Å². The van der Waals surface area contributed by atoms with Crippen LogP contribution in [0.2, 0.25) is 0 Å². The molecule has 2 fully saturated rings. The Morgan fingerprint density at radius 1 is 1.12 bits per heavy atom. The van der Waals surface area contributed by atoms with Crippen molar-refractivity contribution < 1.29 is 9.53 Å². The topological polar surface area (TPSA) is 85.2 Å². The number of aromatic nitrogens is 4. The van der Waals surface area contributed by atoms with Gasteiger partial charge in [0.2, 0.25) is 0 Å². The Kier molecular flexibility index (Phi) is 5.38. The summed E-state index contributed by atoms with van der Waals surface area (Å²) in [6.07, 6.45) is 2.67. The van der Waals surface area contributed by atoms with Crippen molar-refractivity contribution in [1.82, 2.24) is 25.1 Å². The monoisotopic (exact) mass is 432 g/mol. The van der Waals surface area contributed by atoms with Gasteiger partial charge in [-0.1, -0.05) is 59.2 Å². The molecule has 2 saturated heterocycles. The Bertz CT molecular complexity index is 1100. The molecule has 0 aliphatic carbocycles. The fourth-order valence-corrected chi connectivity index (χ4v) is 4.75. The second kappa shape index (κ2) is 8.35. The van der Waals surface area contributed by atoms with Gasteiger partial charge in [0.05, 0.1) is 12.2 Å². The number of urea groups is 1. The standard InChI is InChI=1S/C24H28N6O2/c1-17-6-8-18(9-7-17)19-4-3-5-20(14-19)21-15-24(32-16-21)10-12-30(13-11-24)23(31)25-22-26-27-28-29(22)2/h3-9,14,21H,10-13,15-16H2,1-2H3,(H,25,26,28,31)/t21-/m0/s1. The first kappa shape index (κ1) is 20.6. The second-order valence-corrected chi connectivity index (χ2v) is 8.93. The first-order valence-electron chi connectivity index (χ1n) is 11.1. The summed E-state index contributed by atoms with van der Waals surface area (Å²) in [7, 11) is 1.70. The van der Waals surface area contributed by atoms with Crippen molar-refractivity contribution in [2.24, 2.45) is 7.05 Å². The minimum absolute atomic E-state index is 0.145. The fourth-order valence-electron chi connectivity index (χ4n) is 4.75. The molecule has 3 heterocycles. The summed E-state index contributed by atoms with van der Waals surface area (Å²) >= 11 is 0. The molecular formula is C24H28N6O2. The zero-order chi connectivity index (χ0) is 22.1. The Morgan fingerprint density at radius 2 is 1.91 bits per heavy atom. The zero-order valence-electron chi connectivity index (χ0n) is 18.5. The van der Waals surface area contributed by atoms with E-state index >= 15 is 0 Å². The van der Waals surface area contributed by atoms with E-state index in [0.29, 0.717) is 25.0 Å². The Balaban J connectivity index is 1.21. The molecular weight excluding hydrogens is 404 g/mol. The van der Waals surface area contributed by atoms with E-state index in [2.05, 4.69) is 76.3 Å². The van der Waals surface area contributed by atoms with Crippen LogP contribution in [0, 0.1) is 6.92 Å². The predicted octanol–water partition coefficient (Wildman–Crippen LogP) is 3.76. The molecule has 3 aromatic rings. The van der Waals surface area contributed by atoms with E-state index in [0.717, 1.165) is 25.9 Å². The van der Waals surface area contributed by atoms with Crippen molar-refractivity contribution in [3.05, 3.63) is 59.7 Å². The predicted molar refractivity (Wildman–Crippen MR) is 121 cm³/mol. The van der Waals surface area contributed by atoms with Gasteiger partial charge in [-0.25, -0.2) is 9.48 Å². The van der Waals surface area contributed by atoms with Gasteiger partial charge in [-0.3, -0.25) is 5.32 Å². The number of hydrogen-bond donors (Lipinski definition) is 1. The first-order valence-corrected chi connectivity index (χ1v) is 11.1. The Labute approximate surface area is 187 Å². The van der Waals surface area contributed by atoms with E-state index in [1.54, 1.807) is 7.05 Å². The average molecular weight is 433 g/mol. The number of tetrazole rings is 1. The van der Waals surface area contributed by atoms with Crippen molar-refractivity contribution >= 4 is 12.0 Å². The number of carbonyl (C=O) groups excluding carboxylic acids is 1. The lowest BCUT2D eigenvalue weighted by Gasteiger charge is -2.38. The highest BCUT2D eigenvalue weighted by Gasteiger charge is 2.43. The summed E-state index contributed by atoms with van der Waals surface area (Å²) in [4.78, 5) is 14.4. The molecule has 2 aliphatic heterocycles. The van der Waals surface area contributed by atoms with Crippen LogP contribution in [0.3, 0.4) is 0 Å². The number of amides is 2. The molecule has 1 atom stereocenters. The third kappa shape index (κ3) is 4.10. The molecule has 0 saturated carbocycles. The van der Waals surface area contributed by atoms with Crippen molar-refractivity contribution in [3.63, 3.8) is 0 Å². The lowest BCUT2D eigenvalue weighted by molar-refractivity contribution is -0.0355. The largest absolute Gasteiger partial charge is 0.374 e. The fraction of sp³-hybridized carbons (Fsp3) is 0.417. The highest BCUT2D eigenvalue weighted by molar-refractivity contribution is 5.87. The number of likely N-dealkylation sites (tertiary alicyclic amines) is 1. The van der Waals surface area contributed by atoms with Crippen LogP contribution >= 0.6 is 0 Å². The van der Waals surface area contributed by atoms with Crippen LogP contribution in [-0.2, 0) is 11.8 Å². The van der Waals surface area contributed by atoms with Crippen LogP contribution in [0.1, 0.15) is 36.3 Å². The maximum Gasteiger partial charge on any atom is 0.324 e. The number of nitrogens with zero attached hydrogens (tertiary/aromatic N) is 5. The number of piperidine rings is 1. The van der Waals surface area contributed by atoms with Crippen LogP contribution < -0.4 is 5.32 Å². The lowest BCUT2D eigenvalue weighted by atomic mass is 9.83. The maximum atomic E-state index is 12.6. The smallest absolute Gasteiger partial charge is 0.324 e. The average Bonchev–Trinajstić information content (AvgIpc) is 3.41. The van der Waals surface area contributed by atoms with Crippen LogP contribution in [0.15, 0.2) is 48.5 Å². The van der Waals surface area contributed by atoms with E-state index in [1.165, 1.54) is 26.9 Å². The maximum absolute atomic E-state index is 12.6. The van der Waals surface area contributed by atoms with Gasteiger partial charge in [-0.05, 0) is 53.3 Å². The van der Waals surface area contributed by atoms with Crippen molar-refractivity contribution in [2.75, 3.05) is 25.0 Å². The molecule has 1 spiro atoms. The van der Waals surface area contributed by atoms with E-state index in [9.17, 15) is 4.79 Å². The molecule has 2 aliphatic rings. The van der Waals surface area contributed by atoms with Gasteiger partial charge in [0.1, 0.15) is 0 Å². The van der Waals surface area contributed by atoms with Crippen molar-refractivity contribution in [1.29, 1.82) is 0 Å². The number of anilines is 1. The molecule has 0 unspecified atom stereocenters. The molecule has 8 heteroatoms. The normalized spacial score (nSPS) is 19.9. The quantitative estimate of drug-likeness (QED) is 0.681. The number of carbonyl (C=O) groups is 1. The molecule has 8 nitrogen and oxygen atoms in total. The number of ether oxygens (including phenoxy) is 1. The Hall–Kier alpha value is -3.26. The van der Waals surface area contributed by atoms with Gasteiger partial charge in [0.25, 0.3) is 5.95 Å². The first-order chi connectivity index (χ1) is 15.5. The summed E-state index contributed by atoms with van der Waals surface area (Å²) < 4.78 is 7.81. The molecule has 2 aromatic carbocycles. The number of benzene rings is 2. The summed E-state index contributed by atoms with van der Waals surface area (Å²) in [5, 5.41) is 13.9. The molecule has 0 radical (unpaired) electrons. The molecule has 5 rings (SSSR count). The molecule has 0 bridgehead atoms. The number of hydrogen-bond acceptors (Lipinski definition) is 5. The van der Waals surface area contributed by atoms with Crippen LogP contribution in [0.5, 0.6) is 0 Å². The van der Waals surface area contributed by atoms with E-state index in [4.69, 9.17) is 4.74 Å². The van der Waals surface area contributed by atoms with Crippen LogP contribution in [0.25, 0.3) is 11.1 Å². The van der Waals surface area contributed by atoms with E-state index < -0.39 is 0 Å². The molecule has 1 aromatic heterocycles. The summed E-state index contributed by atoms with van der Waals surface area (Å²) in [5.41, 5.74) is 4.93. The number of nitrogens with one attached hydrogen (secondary N) is 1. The van der Waals surface area contributed by atoms with Gasteiger partial charge < -0.3 is 9.64 Å². The van der Waals surface area contributed by atoms with Crippen molar-refractivity contribution in [3.8, 4) is 11.1 Å². The number of rotatable bonds is 3. The highest BCUT2D eigenvalue weighted by Crippen LogP contribution is 2.43. The van der Waals surface area contributed by atoms with Crippen LogP contribution in [-0.4, -0.2) is 56.4 Å². The highest BCUT2D eigenvalue weighted by atomic mass is 16.5. The van der Waals surface area contributed by atoms with Gasteiger partial charge >= 0.3 is 6.03 Å². The van der Waals surface area contributed by atoms with Gasteiger partial charge in [0, 0.05) is 26.1 Å². The minimum Gasteiger partial charge on any atom is -0.374 e. The molecule has 32 heavy (non-hydrogen) atoms. The SMILES string of the molecule is Cc1ccc(-c2cccc([C@@H]3COC4(CCN(C(=O)Nc5nnnn5C)CC4)C3)c2)cc1. The third-order valence-corrected chi connectivity index (χ3v) is 6.75. The number of aryl methyl sites for hydroxylation is 2. The summed E-state index contributed by atoms with van der Waals surface area (Å²) in [6, 6.07) is 17.3.